The number of carbonyl (C=O) groups is 1. The van der Waals surface area contributed by atoms with Gasteiger partial charge < -0.3 is 9.84 Å². The van der Waals surface area contributed by atoms with Crippen molar-refractivity contribution >= 4 is 11.6 Å². The van der Waals surface area contributed by atoms with Gasteiger partial charge in [0.05, 0.1) is 5.69 Å². The van der Waals surface area contributed by atoms with Crippen LogP contribution in [0.25, 0.3) is 5.65 Å². The zero-order valence-electron chi connectivity index (χ0n) is 14.9. The summed E-state index contributed by atoms with van der Waals surface area (Å²) < 4.78 is 7.06. The Morgan fingerprint density at radius 3 is 2.78 bits per heavy atom. The third-order valence-electron chi connectivity index (χ3n) is 4.26. The van der Waals surface area contributed by atoms with Crippen molar-refractivity contribution in [1.82, 2.24) is 24.8 Å². The second-order valence-electron chi connectivity index (χ2n) is 6.25. The molecule has 4 aromatic rings. The minimum atomic E-state index is -0.171. The van der Waals surface area contributed by atoms with E-state index < -0.39 is 0 Å². The van der Waals surface area contributed by atoms with Crippen LogP contribution in [0, 0.1) is 6.92 Å². The molecule has 1 amide bonds. The molecule has 0 aliphatic heterocycles. The van der Waals surface area contributed by atoms with E-state index in [0.29, 0.717) is 42.5 Å². The number of fused-ring (bicyclic) bond motifs is 1. The van der Waals surface area contributed by atoms with E-state index in [1.54, 1.807) is 4.40 Å². The van der Waals surface area contributed by atoms with Crippen LogP contribution in [0.3, 0.4) is 0 Å². The van der Waals surface area contributed by atoms with Crippen molar-refractivity contribution < 1.29 is 9.32 Å². The quantitative estimate of drug-likeness (QED) is 0.570. The Bertz CT molecular complexity index is 1070. The van der Waals surface area contributed by atoms with Crippen LogP contribution in [0.5, 0.6) is 0 Å². The second-order valence-corrected chi connectivity index (χ2v) is 6.25. The fraction of sp³-hybridized carbons (Fsp3) is 0.200. The van der Waals surface area contributed by atoms with Crippen molar-refractivity contribution in [2.24, 2.45) is 0 Å². The number of nitrogens with one attached hydrogen (secondary N) is 1. The van der Waals surface area contributed by atoms with Gasteiger partial charge in [0, 0.05) is 25.6 Å². The molecule has 7 heteroatoms. The normalized spacial score (nSPS) is 11.0. The summed E-state index contributed by atoms with van der Waals surface area (Å²) in [6.45, 7) is 2.24. The SMILES string of the molecule is Cc1nc2ccccn2c1C(=O)NCCc1nc(Cc2ccccc2)no1. The number of hydrogen-bond donors (Lipinski definition) is 1. The lowest BCUT2D eigenvalue weighted by Crippen LogP contribution is -2.27. The van der Waals surface area contributed by atoms with Gasteiger partial charge in [0.15, 0.2) is 5.82 Å². The molecule has 0 aliphatic rings. The molecule has 0 saturated carbocycles. The number of hydrogen-bond acceptors (Lipinski definition) is 5. The Labute approximate surface area is 156 Å². The molecule has 0 spiro atoms. The maximum atomic E-state index is 12.5. The van der Waals surface area contributed by atoms with E-state index in [1.807, 2.05) is 61.7 Å². The van der Waals surface area contributed by atoms with E-state index in [2.05, 4.69) is 20.4 Å². The highest BCUT2D eigenvalue weighted by molar-refractivity contribution is 5.94. The number of pyridine rings is 1. The first-order chi connectivity index (χ1) is 13.2. The maximum Gasteiger partial charge on any atom is 0.270 e. The minimum Gasteiger partial charge on any atom is -0.350 e. The molecule has 4 rings (SSSR count). The van der Waals surface area contributed by atoms with Gasteiger partial charge in [0.2, 0.25) is 5.89 Å². The number of aromatic nitrogens is 4. The van der Waals surface area contributed by atoms with Crippen molar-refractivity contribution in [1.29, 1.82) is 0 Å². The molecular weight excluding hydrogens is 342 g/mol. The number of imidazole rings is 1. The summed E-state index contributed by atoms with van der Waals surface area (Å²) >= 11 is 0. The highest BCUT2D eigenvalue weighted by Gasteiger charge is 2.16. The van der Waals surface area contributed by atoms with E-state index in [9.17, 15) is 4.79 Å². The number of carbonyl (C=O) groups excluding carboxylic acids is 1. The highest BCUT2D eigenvalue weighted by Crippen LogP contribution is 2.11. The van der Waals surface area contributed by atoms with Crippen LogP contribution in [0.1, 0.15) is 33.5 Å². The van der Waals surface area contributed by atoms with E-state index in [0.717, 1.165) is 11.2 Å². The molecule has 0 fully saturated rings. The molecule has 3 heterocycles. The molecule has 27 heavy (non-hydrogen) atoms. The number of aryl methyl sites for hydroxylation is 1. The average molecular weight is 361 g/mol. The van der Waals surface area contributed by atoms with Gasteiger partial charge in [-0.1, -0.05) is 41.6 Å². The molecule has 0 radical (unpaired) electrons. The Kier molecular flexibility index (Phi) is 4.65. The third-order valence-corrected chi connectivity index (χ3v) is 4.26. The molecule has 0 unspecified atom stereocenters. The molecule has 0 aliphatic carbocycles. The average Bonchev–Trinajstić information content (AvgIpc) is 3.25. The van der Waals surface area contributed by atoms with Crippen molar-refractivity contribution in [3.05, 3.63) is 83.4 Å². The van der Waals surface area contributed by atoms with E-state index >= 15 is 0 Å². The lowest BCUT2D eigenvalue weighted by Gasteiger charge is -2.04. The monoisotopic (exact) mass is 361 g/mol. The van der Waals surface area contributed by atoms with Gasteiger partial charge >= 0.3 is 0 Å². The predicted octanol–water partition coefficient (Wildman–Crippen LogP) is 2.59. The van der Waals surface area contributed by atoms with Crippen molar-refractivity contribution in [2.75, 3.05) is 6.54 Å². The van der Waals surface area contributed by atoms with Gasteiger partial charge in [0.25, 0.3) is 5.91 Å². The summed E-state index contributed by atoms with van der Waals surface area (Å²) in [6, 6.07) is 15.6. The van der Waals surface area contributed by atoms with Crippen LogP contribution in [-0.2, 0) is 12.8 Å². The number of benzene rings is 1. The first-order valence-electron chi connectivity index (χ1n) is 8.78. The molecule has 1 N–H and O–H groups in total. The Morgan fingerprint density at radius 1 is 1.11 bits per heavy atom. The highest BCUT2D eigenvalue weighted by atomic mass is 16.5. The summed E-state index contributed by atoms with van der Waals surface area (Å²) in [6.07, 6.45) is 2.93. The molecule has 3 aromatic heterocycles. The fourth-order valence-electron chi connectivity index (χ4n) is 3.00. The van der Waals surface area contributed by atoms with Gasteiger partial charge in [-0.3, -0.25) is 9.20 Å². The molecular formula is C20H19N5O2. The summed E-state index contributed by atoms with van der Waals surface area (Å²) in [5, 5.41) is 6.90. The van der Waals surface area contributed by atoms with Gasteiger partial charge in [-0.25, -0.2) is 4.98 Å². The standard InChI is InChI=1S/C20H19N5O2/c1-14-19(25-12-6-5-9-17(25)22-14)20(26)21-11-10-18-23-16(24-27-18)13-15-7-3-2-4-8-15/h2-9,12H,10-11,13H2,1H3,(H,21,26). The summed E-state index contributed by atoms with van der Waals surface area (Å²) in [4.78, 5) is 21.3. The lowest BCUT2D eigenvalue weighted by molar-refractivity contribution is 0.0947. The first kappa shape index (κ1) is 17.0. The van der Waals surface area contributed by atoms with Gasteiger partial charge in [-0.05, 0) is 24.6 Å². The van der Waals surface area contributed by atoms with Gasteiger partial charge in [-0.2, -0.15) is 4.98 Å². The summed E-state index contributed by atoms with van der Waals surface area (Å²) in [5.74, 6) is 0.978. The molecule has 0 bridgehead atoms. The van der Waals surface area contributed by atoms with Crippen LogP contribution < -0.4 is 5.32 Å². The Balaban J connectivity index is 1.36. The number of amides is 1. The fourth-order valence-corrected chi connectivity index (χ4v) is 3.00. The largest absolute Gasteiger partial charge is 0.350 e. The molecule has 0 atom stereocenters. The summed E-state index contributed by atoms with van der Waals surface area (Å²) in [7, 11) is 0. The van der Waals surface area contributed by atoms with Crippen molar-refractivity contribution in [3.63, 3.8) is 0 Å². The van der Waals surface area contributed by atoms with E-state index in [1.165, 1.54) is 0 Å². The van der Waals surface area contributed by atoms with Crippen LogP contribution >= 0.6 is 0 Å². The van der Waals surface area contributed by atoms with Crippen LogP contribution in [0.2, 0.25) is 0 Å². The Hall–Kier alpha value is -3.48. The predicted molar refractivity (Wildman–Crippen MR) is 99.5 cm³/mol. The van der Waals surface area contributed by atoms with Gasteiger partial charge in [-0.15, -0.1) is 0 Å². The van der Waals surface area contributed by atoms with Crippen molar-refractivity contribution in [3.8, 4) is 0 Å². The second kappa shape index (κ2) is 7.41. The molecule has 7 nitrogen and oxygen atoms in total. The zero-order valence-corrected chi connectivity index (χ0v) is 14.9. The zero-order chi connectivity index (χ0) is 18.6. The number of rotatable bonds is 6. The first-order valence-corrected chi connectivity index (χ1v) is 8.78. The van der Waals surface area contributed by atoms with E-state index in [-0.39, 0.29) is 5.91 Å². The van der Waals surface area contributed by atoms with E-state index in [4.69, 9.17) is 4.52 Å². The lowest BCUT2D eigenvalue weighted by atomic mass is 10.1. The molecule has 136 valence electrons. The smallest absolute Gasteiger partial charge is 0.270 e. The Morgan fingerprint density at radius 2 is 1.93 bits per heavy atom. The van der Waals surface area contributed by atoms with Crippen LogP contribution in [0.4, 0.5) is 0 Å². The van der Waals surface area contributed by atoms with Crippen LogP contribution in [0.15, 0.2) is 59.3 Å². The maximum absolute atomic E-state index is 12.5. The third kappa shape index (κ3) is 3.72. The van der Waals surface area contributed by atoms with Gasteiger partial charge in [0.1, 0.15) is 11.3 Å². The number of nitrogens with zero attached hydrogens (tertiary/aromatic N) is 4. The van der Waals surface area contributed by atoms with Crippen molar-refractivity contribution in [2.45, 2.75) is 19.8 Å². The molecule has 0 saturated heterocycles. The topological polar surface area (TPSA) is 85.3 Å². The van der Waals surface area contributed by atoms with Crippen LogP contribution in [-0.4, -0.2) is 32.0 Å². The minimum absolute atomic E-state index is 0.171. The molecule has 1 aromatic carbocycles. The summed E-state index contributed by atoms with van der Waals surface area (Å²) in [5.41, 5.74) is 3.12.